The van der Waals surface area contributed by atoms with Gasteiger partial charge in [-0.05, 0) is 25.3 Å². The van der Waals surface area contributed by atoms with Crippen LogP contribution in [0.2, 0.25) is 0 Å². The maximum absolute atomic E-state index is 11.4. The highest BCUT2D eigenvalue weighted by Gasteiger charge is 2.22. The highest BCUT2D eigenvalue weighted by atomic mass is 16.5. The summed E-state index contributed by atoms with van der Waals surface area (Å²) < 4.78 is 4.80. The first kappa shape index (κ1) is 10.5. The van der Waals surface area contributed by atoms with Crippen molar-refractivity contribution in [3.8, 4) is 0 Å². The normalized spacial score (nSPS) is 23.2. The van der Waals surface area contributed by atoms with Crippen LogP contribution in [0.5, 0.6) is 0 Å². The number of likely N-dealkylation sites (tertiary alicyclic amines) is 1. The van der Waals surface area contributed by atoms with Crippen LogP contribution in [0.25, 0.3) is 0 Å². The standard InChI is InChI=1S/C9H18N2O2/c1-13-7-9(12)11-4-2-3-8(5-10)6-11/h8H,2-7,10H2,1H3/t8-/m1/s1. The van der Waals surface area contributed by atoms with Crippen LogP contribution in [0, 0.1) is 5.92 Å². The molecule has 0 radical (unpaired) electrons. The van der Waals surface area contributed by atoms with Gasteiger partial charge in [0.15, 0.2) is 0 Å². The summed E-state index contributed by atoms with van der Waals surface area (Å²) in [5.74, 6) is 0.565. The number of hydrogen-bond acceptors (Lipinski definition) is 3. The van der Waals surface area contributed by atoms with E-state index >= 15 is 0 Å². The molecule has 0 aromatic carbocycles. The summed E-state index contributed by atoms with van der Waals surface area (Å²) in [4.78, 5) is 13.3. The number of nitrogens with two attached hydrogens (primary N) is 1. The lowest BCUT2D eigenvalue weighted by atomic mass is 9.98. The van der Waals surface area contributed by atoms with Crippen LogP contribution in [0.1, 0.15) is 12.8 Å². The van der Waals surface area contributed by atoms with Crippen molar-refractivity contribution >= 4 is 5.91 Å². The molecule has 1 rings (SSSR count). The van der Waals surface area contributed by atoms with Gasteiger partial charge in [0.1, 0.15) is 6.61 Å². The summed E-state index contributed by atoms with van der Waals surface area (Å²) in [6.07, 6.45) is 2.21. The second-order valence-electron chi connectivity index (χ2n) is 3.52. The van der Waals surface area contributed by atoms with Crippen molar-refractivity contribution in [1.29, 1.82) is 0 Å². The minimum atomic E-state index is 0.0839. The first-order chi connectivity index (χ1) is 6.27. The molecule has 13 heavy (non-hydrogen) atoms. The van der Waals surface area contributed by atoms with E-state index in [0.29, 0.717) is 12.5 Å². The molecule has 4 nitrogen and oxygen atoms in total. The molecule has 0 spiro atoms. The second kappa shape index (κ2) is 5.19. The van der Waals surface area contributed by atoms with E-state index < -0.39 is 0 Å². The van der Waals surface area contributed by atoms with E-state index in [-0.39, 0.29) is 12.5 Å². The van der Waals surface area contributed by atoms with Gasteiger partial charge in [-0.1, -0.05) is 0 Å². The van der Waals surface area contributed by atoms with Gasteiger partial charge >= 0.3 is 0 Å². The van der Waals surface area contributed by atoms with Crippen LogP contribution in [-0.4, -0.2) is 44.2 Å². The fourth-order valence-electron chi connectivity index (χ4n) is 1.70. The largest absolute Gasteiger partial charge is 0.375 e. The Morgan fingerprint density at radius 2 is 2.46 bits per heavy atom. The Balaban J connectivity index is 2.37. The van der Waals surface area contributed by atoms with Gasteiger partial charge in [0, 0.05) is 20.2 Å². The molecular weight excluding hydrogens is 168 g/mol. The Morgan fingerprint density at radius 1 is 1.69 bits per heavy atom. The number of methoxy groups -OCH3 is 1. The third-order valence-corrected chi connectivity index (χ3v) is 2.47. The zero-order chi connectivity index (χ0) is 9.68. The number of piperidine rings is 1. The van der Waals surface area contributed by atoms with E-state index in [2.05, 4.69) is 0 Å². The van der Waals surface area contributed by atoms with E-state index in [4.69, 9.17) is 10.5 Å². The van der Waals surface area contributed by atoms with Gasteiger partial charge in [0.05, 0.1) is 0 Å². The van der Waals surface area contributed by atoms with Gasteiger partial charge < -0.3 is 15.4 Å². The van der Waals surface area contributed by atoms with Gasteiger partial charge in [-0.2, -0.15) is 0 Å². The van der Waals surface area contributed by atoms with Crippen molar-refractivity contribution in [2.24, 2.45) is 11.7 Å². The average Bonchev–Trinajstić information content (AvgIpc) is 2.18. The number of carbonyl (C=O) groups is 1. The van der Waals surface area contributed by atoms with Gasteiger partial charge in [-0.15, -0.1) is 0 Å². The first-order valence-corrected chi connectivity index (χ1v) is 4.74. The van der Waals surface area contributed by atoms with E-state index in [1.54, 1.807) is 7.11 Å². The van der Waals surface area contributed by atoms with E-state index in [9.17, 15) is 4.79 Å². The molecule has 1 amide bonds. The Labute approximate surface area is 79.0 Å². The second-order valence-corrected chi connectivity index (χ2v) is 3.52. The predicted octanol–water partition coefficient (Wildman–Crippen LogP) is -0.170. The maximum Gasteiger partial charge on any atom is 0.248 e. The van der Waals surface area contributed by atoms with Crippen LogP contribution >= 0.6 is 0 Å². The summed E-state index contributed by atoms with van der Waals surface area (Å²) in [6.45, 7) is 2.53. The minimum Gasteiger partial charge on any atom is -0.375 e. The number of rotatable bonds is 3. The molecule has 1 heterocycles. The third-order valence-electron chi connectivity index (χ3n) is 2.47. The molecule has 0 aliphatic carbocycles. The number of carbonyl (C=O) groups excluding carboxylic acids is 1. The van der Waals surface area contributed by atoms with Crippen molar-refractivity contribution < 1.29 is 9.53 Å². The third kappa shape index (κ3) is 2.97. The monoisotopic (exact) mass is 186 g/mol. The molecule has 4 heteroatoms. The first-order valence-electron chi connectivity index (χ1n) is 4.74. The molecule has 1 aliphatic heterocycles. The summed E-state index contributed by atoms with van der Waals surface area (Å²) in [7, 11) is 1.54. The van der Waals surface area contributed by atoms with Crippen molar-refractivity contribution in [2.45, 2.75) is 12.8 Å². The Hall–Kier alpha value is -0.610. The zero-order valence-electron chi connectivity index (χ0n) is 8.16. The molecule has 0 bridgehead atoms. The molecular formula is C9H18N2O2. The fourth-order valence-corrected chi connectivity index (χ4v) is 1.70. The van der Waals surface area contributed by atoms with Gasteiger partial charge in [-0.3, -0.25) is 4.79 Å². The van der Waals surface area contributed by atoms with Crippen LogP contribution in [-0.2, 0) is 9.53 Å². The van der Waals surface area contributed by atoms with Gasteiger partial charge in [0.25, 0.3) is 0 Å². The molecule has 1 aliphatic rings. The summed E-state index contributed by atoms with van der Waals surface area (Å²) in [6, 6.07) is 0. The van der Waals surface area contributed by atoms with Crippen molar-refractivity contribution in [3.63, 3.8) is 0 Å². The van der Waals surface area contributed by atoms with E-state index in [0.717, 1.165) is 25.9 Å². The van der Waals surface area contributed by atoms with Crippen LogP contribution < -0.4 is 5.73 Å². The van der Waals surface area contributed by atoms with E-state index in [1.165, 1.54) is 0 Å². The van der Waals surface area contributed by atoms with Crippen molar-refractivity contribution in [1.82, 2.24) is 4.90 Å². The molecule has 2 N–H and O–H groups in total. The van der Waals surface area contributed by atoms with Crippen LogP contribution in [0.3, 0.4) is 0 Å². The number of amides is 1. The lowest BCUT2D eigenvalue weighted by molar-refractivity contribution is -0.136. The van der Waals surface area contributed by atoms with Gasteiger partial charge in [0.2, 0.25) is 5.91 Å². The fraction of sp³-hybridized carbons (Fsp3) is 0.889. The molecule has 1 fully saturated rings. The quantitative estimate of drug-likeness (QED) is 0.666. The number of hydrogen-bond donors (Lipinski definition) is 1. The lowest BCUT2D eigenvalue weighted by Gasteiger charge is -2.31. The predicted molar refractivity (Wildman–Crippen MR) is 50.2 cm³/mol. The van der Waals surface area contributed by atoms with E-state index in [1.807, 2.05) is 4.90 Å². The number of ether oxygens (including phenoxy) is 1. The summed E-state index contributed by atoms with van der Waals surface area (Å²) >= 11 is 0. The molecule has 1 atom stereocenters. The van der Waals surface area contributed by atoms with Crippen LogP contribution in [0.4, 0.5) is 0 Å². The number of nitrogens with zero attached hydrogens (tertiary/aromatic N) is 1. The topological polar surface area (TPSA) is 55.6 Å². The molecule has 0 unspecified atom stereocenters. The molecule has 0 saturated carbocycles. The average molecular weight is 186 g/mol. The SMILES string of the molecule is COCC(=O)N1CCC[C@H](CN)C1. The van der Waals surface area contributed by atoms with Crippen molar-refractivity contribution in [2.75, 3.05) is 33.4 Å². The van der Waals surface area contributed by atoms with Crippen LogP contribution in [0.15, 0.2) is 0 Å². The highest BCUT2D eigenvalue weighted by molar-refractivity contribution is 5.77. The van der Waals surface area contributed by atoms with Gasteiger partial charge in [-0.25, -0.2) is 0 Å². The smallest absolute Gasteiger partial charge is 0.248 e. The summed E-state index contributed by atoms with van der Waals surface area (Å²) in [5.41, 5.74) is 5.57. The highest BCUT2D eigenvalue weighted by Crippen LogP contribution is 2.14. The Morgan fingerprint density at radius 3 is 3.08 bits per heavy atom. The molecule has 76 valence electrons. The molecule has 0 aromatic heterocycles. The van der Waals surface area contributed by atoms with Crippen molar-refractivity contribution in [3.05, 3.63) is 0 Å². The lowest BCUT2D eigenvalue weighted by Crippen LogP contribution is -2.43. The maximum atomic E-state index is 11.4. The zero-order valence-corrected chi connectivity index (χ0v) is 8.16. The molecule has 0 aromatic rings. The molecule has 1 saturated heterocycles. The minimum absolute atomic E-state index is 0.0839. The Kier molecular flexibility index (Phi) is 4.18. The summed E-state index contributed by atoms with van der Waals surface area (Å²) in [5, 5.41) is 0. The Bertz CT molecular complexity index is 173.